The third-order valence-corrected chi connectivity index (χ3v) is 13.5. The highest BCUT2D eigenvalue weighted by Crippen LogP contribution is 2.47. The number of phenols is 1. The molecule has 3 N–H and O–H groups in total. The second-order valence-electron chi connectivity index (χ2n) is 19.8. The van der Waals surface area contributed by atoms with E-state index in [1.54, 1.807) is 12.1 Å². The number of amides is 2. The number of hydrogen-bond donors (Lipinski definition) is 3. The zero-order valence-corrected chi connectivity index (χ0v) is 46.8. The number of hydrogen-bond acceptors (Lipinski definition) is 12. The summed E-state index contributed by atoms with van der Waals surface area (Å²) in [7, 11) is 0. The van der Waals surface area contributed by atoms with Crippen LogP contribution in [-0.2, 0) is 64.7 Å². The van der Waals surface area contributed by atoms with E-state index in [0.717, 1.165) is 37.9 Å². The summed E-state index contributed by atoms with van der Waals surface area (Å²) in [5.74, 6) is 0.225. The van der Waals surface area contributed by atoms with E-state index in [1.165, 1.54) is 33.9 Å². The van der Waals surface area contributed by atoms with Gasteiger partial charge in [0.2, 0.25) is 17.5 Å². The number of benzene rings is 3. The molecule has 3 aromatic rings. The summed E-state index contributed by atoms with van der Waals surface area (Å²) >= 11 is 0. The molecule has 422 valence electrons. The number of aromatic hydroxyl groups is 1. The first-order chi connectivity index (χ1) is 37.5. The summed E-state index contributed by atoms with van der Waals surface area (Å²) in [5, 5.41) is 15.2. The number of likely N-dealkylation sites (N-methyl/N-ethyl adjacent to an activating group) is 1. The Morgan fingerprint density at radius 3 is 1.66 bits per heavy atom. The lowest BCUT2D eigenvalue weighted by Gasteiger charge is -2.25. The van der Waals surface area contributed by atoms with Crippen LogP contribution in [0.1, 0.15) is 83.4 Å². The van der Waals surface area contributed by atoms with E-state index in [2.05, 4.69) is 146 Å². The van der Waals surface area contributed by atoms with Gasteiger partial charge in [-0.25, -0.2) is 0 Å². The highest BCUT2D eigenvalue weighted by Gasteiger charge is 2.44. The number of phenolic OH excluding ortho intramolecular Hbond substituents is 1. The van der Waals surface area contributed by atoms with Gasteiger partial charge < -0.3 is 58.5 Å². The molecule has 0 aliphatic carbocycles. The van der Waals surface area contributed by atoms with Crippen molar-refractivity contribution in [2.45, 2.75) is 84.0 Å². The molecule has 0 unspecified atom stereocenters. The first-order valence-electron chi connectivity index (χ1n) is 27.8. The van der Waals surface area contributed by atoms with Crippen LogP contribution in [0.25, 0.3) is 0 Å². The monoisotopic (exact) mass is 1070 g/mol. The minimum atomic E-state index is -0.119. The van der Waals surface area contributed by atoms with Crippen LogP contribution in [-0.4, -0.2) is 159 Å². The lowest BCUT2D eigenvalue weighted by Crippen LogP contribution is -2.28. The van der Waals surface area contributed by atoms with Gasteiger partial charge in [0.05, 0.1) is 111 Å². The third-order valence-electron chi connectivity index (χ3n) is 13.5. The van der Waals surface area contributed by atoms with Gasteiger partial charge in [-0.05, 0) is 75.4 Å². The van der Waals surface area contributed by atoms with Crippen LogP contribution in [0.5, 0.6) is 5.75 Å². The number of carbonyl (C=O) groups excluding carboxylic acids is 2. The molecular weight excluding hydrogens is 977 g/mol. The number of ether oxygens (including phenoxy) is 8. The number of unbranched alkanes of at least 4 members (excludes halogenated alkanes) is 2. The summed E-state index contributed by atoms with van der Waals surface area (Å²) in [6, 6.07) is 24.4. The zero-order valence-electron chi connectivity index (χ0n) is 46.8. The molecule has 15 heteroatoms. The average molecular weight is 1070 g/mol. The topological polar surface area (TPSA) is 159 Å². The maximum Gasteiger partial charge on any atom is 0.222 e. The number of allylic oxidation sites excluding steroid dienone is 8. The Kier molecular flexibility index (Phi) is 29.0. The number of carbonyl (C=O) groups is 2. The number of rotatable bonds is 41. The molecule has 0 saturated heterocycles. The van der Waals surface area contributed by atoms with Crippen LogP contribution < -0.4 is 15.5 Å². The van der Waals surface area contributed by atoms with E-state index >= 15 is 0 Å². The number of para-hydroxylation sites is 2. The maximum absolute atomic E-state index is 12.6. The minimum Gasteiger partial charge on any atom is -0.508 e. The molecule has 0 atom stereocenters. The van der Waals surface area contributed by atoms with Gasteiger partial charge in [-0.3, -0.25) is 9.59 Å². The average Bonchev–Trinajstić information content (AvgIpc) is 3.87. The summed E-state index contributed by atoms with van der Waals surface area (Å²) in [5.41, 5.74) is 8.78. The van der Waals surface area contributed by atoms with Gasteiger partial charge >= 0.3 is 0 Å². The van der Waals surface area contributed by atoms with Crippen LogP contribution in [0.2, 0.25) is 0 Å². The fraction of sp³-hybridized carbons (Fsp3) is 0.532. The Hall–Kier alpha value is -5.49. The fourth-order valence-electron chi connectivity index (χ4n) is 9.34. The summed E-state index contributed by atoms with van der Waals surface area (Å²) < 4.78 is 46.8. The van der Waals surface area contributed by atoms with Crippen molar-refractivity contribution < 1.29 is 57.2 Å². The summed E-state index contributed by atoms with van der Waals surface area (Å²) in [4.78, 5) is 26.9. The van der Waals surface area contributed by atoms with E-state index < -0.39 is 0 Å². The normalized spacial score (nSPS) is 15.2. The molecule has 0 bridgehead atoms. The molecule has 0 aromatic heterocycles. The Labute approximate surface area is 459 Å². The van der Waals surface area contributed by atoms with Crippen molar-refractivity contribution in [2.24, 2.45) is 0 Å². The van der Waals surface area contributed by atoms with Crippen molar-refractivity contribution in [1.29, 1.82) is 0 Å². The second-order valence-corrected chi connectivity index (χ2v) is 19.8. The van der Waals surface area contributed by atoms with Crippen LogP contribution in [0.3, 0.4) is 0 Å². The lowest BCUT2D eigenvalue weighted by atomic mass is 9.81. The Bertz CT molecular complexity index is 2340. The van der Waals surface area contributed by atoms with E-state index in [0.29, 0.717) is 138 Å². The van der Waals surface area contributed by atoms with E-state index in [-0.39, 0.29) is 28.4 Å². The van der Waals surface area contributed by atoms with Gasteiger partial charge in [-0.2, -0.15) is 4.58 Å². The van der Waals surface area contributed by atoms with Gasteiger partial charge in [-0.1, -0.05) is 92.8 Å². The lowest BCUT2D eigenvalue weighted by molar-refractivity contribution is -0.438. The van der Waals surface area contributed by atoms with E-state index in [9.17, 15) is 14.7 Å². The third kappa shape index (κ3) is 22.1. The molecular formula is C62H89N4O11+. The molecule has 0 saturated carbocycles. The molecule has 2 aliphatic rings. The molecule has 77 heavy (non-hydrogen) atoms. The van der Waals surface area contributed by atoms with Crippen molar-refractivity contribution in [3.8, 4) is 5.75 Å². The summed E-state index contributed by atoms with van der Waals surface area (Å²) in [6.07, 6.45) is 19.4. The van der Waals surface area contributed by atoms with Crippen molar-refractivity contribution >= 4 is 28.9 Å². The number of anilines is 1. The SMILES string of the molecule is CCN1\C(=C/C=C/C=C/C=C/C2=[N+](CCCCCC(=O)NCCOCCOCCOCCOCCOCCOCCOCCOCCC(=O)NCCc3ccc(O)cc3)c3ccccc3C2(C)C)C(C)(C)c2ccccc21. The van der Waals surface area contributed by atoms with Gasteiger partial charge in [0, 0.05) is 73.4 Å². The number of nitrogens with one attached hydrogen (secondary N) is 2. The quantitative estimate of drug-likeness (QED) is 0.0283. The largest absolute Gasteiger partial charge is 0.508 e. The predicted molar refractivity (Wildman–Crippen MR) is 305 cm³/mol. The Morgan fingerprint density at radius 1 is 0.545 bits per heavy atom. The second kappa shape index (κ2) is 35.8. The number of nitrogens with zero attached hydrogens (tertiary/aromatic N) is 2. The molecule has 2 aliphatic heterocycles. The molecule has 0 fully saturated rings. The fourth-order valence-corrected chi connectivity index (χ4v) is 9.34. The standard InChI is InChI=1S/C62H88N4O11/c1-6-65-55-21-16-14-19-53(55)61(2,3)57(65)23-11-8-7-9-12-24-58-62(4,5)54-20-15-17-22-56(54)66(58)34-18-10-13-25-59(68)64-33-36-71-38-40-73-42-44-75-46-48-77-50-49-76-47-45-74-43-41-72-39-37-70-35-31-60(69)63-32-30-51-26-28-52(67)29-27-51/h7-9,11-12,14-17,19-24,26-29H,6,10,13,18,25,30-50H2,1-5H3,(H2-,63,64,67,68,69)/p+1. The van der Waals surface area contributed by atoms with Crippen molar-refractivity contribution in [3.05, 3.63) is 138 Å². The van der Waals surface area contributed by atoms with E-state index in [4.69, 9.17) is 37.9 Å². The molecule has 0 spiro atoms. The van der Waals surface area contributed by atoms with E-state index in [1.807, 2.05) is 12.1 Å². The van der Waals surface area contributed by atoms with Crippen LogP contribution in [0, 0.1) is 0 Å². The molecule has 5 rings (SSSR count). The van der Waals surface area contributed by atoms with Crippen molar-refractivity contribution in [2.75, 3.05) is 137 Å². The van der Waals surface area contributed by atoms with Crippen LogP contribution in [0.4, 0.5) is 11.4 Å². The van der Waals surface area contributed by atoms with Crippen molar-refractivity contribution in [3.63, 3.8) is 0 Å². The predicted octanol–water partition coefficient (Wildman–Crippen LogP) is 8.70. The number of fused-ring (bicyclic) bond motifs is 2. The maximum atomic E-state index is 12.6. The highest BCUT2D eigenvalue weighted by molar-refractivity contribution is 6.03. The molecule has 0 radical (unpaired) electrons. The molecule has 3 aromatic carbocycles. The van der Waals surface area contributed by atoms with Crippen LogP contribution >= 0.6 is 0 Å². The minimum absolute atomic E-state index is 0.0393. The Morgan fingerprint density at radius 2 is 1.05 bits per heavy atom. The first kappa shape index (κ1) is 62.4. The molecule has 2 amide bonds. The molecule has 15 nitrogen and oxygen atoms in total. The van der Waals surface area contributed by atoms with Crippen LogP contribution in [0.15, 0.2) is 121 Å². The molecule has 2 heterocycles. The summed E-state index contributed by atoms with van der Waals surface area (Å²) in [6.45, 7) is 21.5. The highest BCUT2D eigenvalue weighted by atomic mass is 16.6. The van der Waals surface area contributed by atoms with Gasteiger partial charge in [0.15, 0.2) is 5.71 Å². The van der Waals surface area contributed by atoms with Gasteiger partial charge in [0.1, 0.15) is 12.3 Å². The van der Waals surface area contributed by atoms with Gasteiger partial charge in [0.25, 0.3) is 0 Å². The van der Waals surface area contributed by atoms with Gasteiger partial charge in [-0.15, -0.1) is 0 Å². The smallest absolute Gasteiger partial charge is 0.222 e. The first-order valence-corrected chi connectivity index (χ1v) is 27.8. The zero-order chi connectivity index (χ0) is 54.8. The Balaban J connectivity index is 0.779. The van der Waals surface area contributed by atoms with Crippen molar-refractivity contribution in [1.82, 2.24) is 10.6 Å².